The Kier molecular flexibility index (Phi) is 6.38. The van der Waals surface area contributed by atoms with Crippen LogP contribution in [-0.2, 0) is 17.9 Å². The summed E-state index contributed by atoms with van der Waals surface area (Å²) >= 11 is 3.21. The van der Waals surface area contributed by atoms with Gasteiger partial charge in [-0.25, -0.2) is 0 Å². The molecule has 0 aliphatic carbocycles. The second-order valence-corrected chi connectivity index (χ2v) is 8.63. The number of Topliss-reactive ketones (excluding diaryl/α,β-unsaturated/α-hetero) is 1. The number of nitrogens with one attached hydrogen (secondary N) is 1. The predicted octanol–water partition coefficient (Wildman–Crippen LogP) is 4.93. The van der Waals surface area contributed by atoms with Gasteiger partial charge in [0.2, 0.25) is 5.91 Å². The number of carbonyl (C=O) groups is 2. The molecule has 1 aliphatic heterocycles. The van der Waals surface area contributed by atoms with Gasteiger partial charge in [0.1, 0.15) is 6.54 Å². The zero-order chi connectivity index (χ0) is 23.8. The summed E-state index contributed by atoms with van der Waals surface area (Å²) in [4.78, 5) is 24.5. The van der Waals surface area contributed by atoms with Crippen molar-refractivity contribution in [3.05, 3.63) is 57.7 Å². The smallest absolute Gasteiger partial charge is 0.454 e. The number of hydrogen-bond donors (Lipinski definition) is 1. The van der Waals surface area contributed by atoms with Crippen molar-refractivity contribution in [2.45, 2.75) is 32.6 Å². The fourth-order valence-corrected chi connectivity index (χ4v) is 4.04. The van der Waals surface area contributed by atoms with E-state index in [1.807, 2.05) is 19.1 Å². The average Bonchev–Trinajstić information content (AvgIpc) is 2.92. The molecule has 0 spiro atoms. The Hall–Kier alpha value is -3.01. The molecule has 6 nitrogen and oxygen atoms in total. The fraction of sp³-hybridized carbons (Fsp3) is 0.304. The van der Waals surface area contributed by atoms with Crippen LogP contribution in [0.2, 0.25) is 0 Å². The Balaban J connectivity index is 1.53. The topological polar surface area (TPSA) is 69.6 Å². The van der Waals surface area contributed by atoms with E-state index in [-0.39, 0.29) is 18.5 Å². The van der Waals surface area contributed by atoms with E-state index in [0.717, 1.165) is 23.7 Å². The molecule has 4 rings (SSSR count). The highest BCUT2D eigenvalue weighted by atomic mass is 79.9. The van der Waals surface area contributed by atoms with E-state index in [4.69, 9.17) is 9.47 Å². The maximum absolute atomic E-state index is 13.1. The van der Waals surface area contributed by atoms with E-state index in [9.17, 15) is 22.8 Å². The van der Waals surface area contributed by atoms with Crippen molar-refractivity contribution >= 4 is 38.5 Å². The van der Waals surface area contributed by atoms with Gasteiger partial charge in [0.25, 0.3) is 5.78 Å². The number of aromatic nitrogens is 1. The summed E-state index contributed by atoms with van der Waals surface area (Å²) in [6, 6.07) is 8.31. The number of ether oxygens (including phenoxy) is 2. The molecule has 0 radical (unpaired) electrons. The summed E-state index contributed by atoms with van der Waals surface area (Å²) in [5.74, 6) is -1.09. The average molecular weight is 525 g/mol. The van der Waals surface area contributed by atoms with E-state index in [2.05, 4.69) is 21.2 Å². The molecule has 0 fully saturated rings. The minimum Gasteiger partial charge on any atom is -0.490 e. The van der Waals surface area contributed by atoms with Crippen LogP contribution in [0.4, 0.5) is 13.2 Å². The summed E-state index contributed by atoms with van der Waals surface area (Å²) in [6.45, 7) is 2.97. The molecule has 0 atom stereocenters. The standard InChI is InChI=1S/C23H20BrF3N2O4/c1-13-7-19-20(33-6-2-5-32-19)8-14(13)10-28-21(30)12-29-11-17(22(31)23(25,26)27)16-9-15(24)3-4-18(16)29/h3-4,7-9,11H,2,5-6,10,12H2,1H3,(H,28,30). The molecule has 1 amide bonds. The molecule has 0 saturated carbocycles. The summed E-state index contributed by atoms with van der Waals surface area (Å²) in [5.41, 5.74) is 1.61. The van der Waals surface area contributed by atoms with Gasteiger partial charge < -0.3 is 19.4 Å². The number of alkyl halides is 3. The second-order valence-electron chi connectivity index (χ2n) is 7.71. The number of amides is 1. The molecular weight excluding hydrogens is 505 g/mol. The van der Waals surface area contributed by atoms with Crippen LogP contribution in [0.25, 0.3) is 10.9 Å². The first-order valence-electron chi connectivity index (χ1n) is 10.2. The summed E-state index contributed by atoms with van der Waals surface area (Å²) in [6.07, 6.45) is -3.16. The first-order valence-corrected chi connectivity index (χ1v) is 11.0. The highest BCUT2D eigenvalue weighted by Gasteiger charge is 2.41. The van der Waals surface area contributed by atoms with Crippen molar-refractivity contribution in [2.24, 2.45) is 0 Å². The fourth-order valence-electron chi connectivity index (χ4n) is 3.68. The van der Waals surface area contributed by atoms with Crippen LogP contribution in [0.3, 0.4) is 0 Å². The SMILES string of the molecule is Cc1cc2c(cc1CNC(=O)Cn1cc(C(=O)C(F)(F)F)c3cc(Br)ccc31)OCCCO2. The van der Waals surface area contributed by atoms with E-state index in [1.54, 1.807) is 12.1 Å². The lowest BCUT2D eigenvalue weighted by Gasteiger charge is -2.13. The third-order valence-corrected chi connectivity index (χ3v) is 5.83. The third kappa shape index (κ3) is 5.00. The molecule has 1 aromatic heterocycles. The Morgan fingerprint density at radius 2 is 1.82 bits per heavy atom. The van der Waals surface area contributed by atoms with Gasteiger partial charge in [-0.15, -0.1) is 0 Å². The molecule has 1 aliphatic rings. The van der Waals surface area contributed by atoms with Gasteiger partial charge in [0, 0.05) is 34.5 Å². The molecule has 10 heteroatoms. The van der Waals surface area contributed by atoms with Crippen LogP contribution in [0, 0.1) is 6.92 Å². The molecule has 0 saturated heterocycles. The van der Waals surface area contributed by atoms with Gasteiger partial charge in [-0.05, 0) is 48.4 Å². The summed E-state index contributed by atoms with van der Waals surface area (Å²) in [7, 11) is 0. The quantitative estimate of drug-likeness (QED) is 0.480. The van der Waals surface area contributed by atoms with Crippen LogP contribution < -0.4 is 14.8 Å². The maximum Gasteiger partial charge on any atom is 0.454 e. The van der Waals surface area contributed by atoms with Crippen molar-refractivity contribution in [3.8, 4) is 11.5 Å². The predicted molar refractivity (Wildman–Crippen MR) is 119 cm³/mol. The molecular formula is C23H20BrF3N2O4. The second kappa shape index (κ2) is 9.09. The normalized spacial score (nSPS) is 13.6. The van der Waals surface area contributed by atoms with E-state index < -0.39 is 23.4 Å². The number of benzene rings is 2. The first kappa shape index (κ1) is 23.2. The summed E-state index contributed by atoms with van der Waals surface area (Å²) < 4.78 is 52.4. The van der Waals surface area contributed by atoms with E-state index >= 15 is 0 Å². The number of carbonyl (C=O) groups excluding carboxylic acids is 2. The lowest BCUT2D eigenvalue weighted by atomic mass is 10.1. The molecule has 33 heavy (non-hydrogen) atoms. The number of aryl methyl sites for hydroxylation is 1. The van der Waals surface area contributed by atoms with Crippen molar-refractivity contribution in [1.82, 2.24) is 9.88 Å². The van der Waals surface area contributed by atoms with Gasteiger partial charge in [-0.2, -0.15) is 13.2 Å². The van der Waals surface area contributed by atoms with Crippen LogP contribution in [0.15, 0.2) is 41.0 Å². The van der Waals surface area contributed by atoms with Crippen molar-refractivity contribution in [3.63, 3.8) is 0 Å². The Labute approximate surface area is 195 Å². The molecule has 3 aromatic rings. The Morgan fingerprint density at radius 3 is 2.52 bits per heavy atom. The van der Waals surface area contributed by atoms with E-state index in [1.165, 1.54) is 10.6 Å². The third-order valence-electron chi connectivity index (χ3n) is 5.34. The molecule has 1 N–H and O–H groups in total. The molecule has 0 bridgehead atoms. The van der Waals surface area contributed by atoms with Gasteiger partial charge in [-0.3, -0.25) is 9.59 Å². The van der Waals surface area contributed by atoms with Gasteiger partial charge in [0.15, 0.2) is 11.5 Å². The van der Waals surface area contributed by atoms with Crippen LogP contribution in [-0.4, -0.2) is 35.6 Å². The van der Waals surface area contributed by atoms with Gasteiger partial charge >= 0.3 is 6.18 Å². The van der Waals surface area contributed by atoms with Crippen LogP contribution >= 0.6 is 15.9 Å². The zero-order valence-corrected chi connectivity index (χ0v) is 19.2. The van der Waals surface area contributed by atoms with Crippen LogP contribution in [0.1, 0.15) is 27.9 Å². The largest absolute Gasteiger partial charge is 0.490 e. The number of rotatable bonds is 5. The van der Waals surface area contributed by atoms with Gasteiger partial charge in [0.05, 0.1) is 18.8 Å². The van der Waals surface area contributed by atoms with E-state index in [0.29, 0.717) is 34.7 Å². The number of hydrogen-bond acceptors (Lipinski definition) is 4. The Morgan fingerprint density at radius 1 is 1.12 bits per heavy atom. The lowest BCUT2D eigenvalue weighted by Crippen LogP contribution is -2.27. The molecule has 174 valence electrons. The monoisotopic (exact) mass is 524 g/mol. The van der Waals surface area contributed by atoms with Crippen molar-refractivity contribution in [1.29, 1.82) is 0 Å². The minimum absolute atomic E-state index is 0.123. The molecule has 2 heterocycles. The zero-order valence-electron chi connectivity index (χ0n) is 17.6. The number of ketones is 1. The number of nitrogens with zero attached hydrogens (tertiary/aromatic N) is 1. The highest BCUT2D eigenvalue weighted by Crippen LogP contribution is 2.33. The summed E-state index contributed by atoms with van der Waals surface area (Å²) in [5, 5.41) is 2.91. The maximum atomic E-state index is 13.1. The highest BCUT2D eigenvalue weighted by molar-refractivity contribution is 9.10. The first-order chi connectivity index (χ1) is 15.6. The molecule has 0 unspecified atom stereocenters. The van der Waals surface area contributed by atoms with Crippen molar-refractivity contribution < 1.29 is 32.2 Å². The van der Waals surface area contributed by atoms with Crippen molar-refractivity contribution in [2.75, 3.05) is 13.2 Å². The minimum atomic E-state index is -5.02. The number of fused-ring (bicyclic) bond motifs is 2. The molecule has 2 aromatic carbocycles. The van der Waals surface area contributed by atoms with Gasteiger partial charge in [-0.1, -0.05) is 15.9 Å². The Bertz CT molecular complexity index is 1240. The van der Waals surface area contributed by atoms with Crippen LogP contribution in [0.5, 0.6) is 11.5 Å². The lowest BCUT2D eigenvalue weighted by molar-refractivity contribution is -0.121. The number of halogens is 4.